The van der Waals surface area contributed by atoms with Crippen LogP contribution in [-0.4, -0.2) is 34.6 Å². The van der Waals surface area contributed by atoms with E-state index in [1.165, 1.54) is 18.7 Å². The van der Waals surface area contributed by atoms with E-state index in [9.17, 15) is 9.59 Å². The Bertz CT molecular complexity index is 707. The monoisotopic (exact) mass is 316 g/mol. The largest absolute Gasteiger partial charge is 0.497 e. The first kappa shape index (κ1) is 14.8. The van der Waals surface area contributed by atoms with Crippen molar-refractivity contribution in [2.45, 2.75) is 19.9 Å². The summed E-state index contributed by atoms with van der Waals surface area (Å²) in [6.07, 6.45) is 0. The Morgan fingerprint density at radius 1 is 1.36 bits per heavy atom. The predicted octanol–water partition coefficient (Wildman–Crippen LogP) is 2.54. The molecule has 1 amide bonds. The van der Waals surface area contributed by atoms with Crippen molar-refractivity contribution in [3.8, 4) is 5.75 Å². The van der Waals surface area contributed by atoms with Crippen molar-refractivity contribution < 1.29 is 14.3 Å². The summed E-state index contributed by atoms with van der Waals surface area (Å²) in [5.74, 6) is 1.02. The molecule has 0 aromatic heterocycles. The number of Topliss-reactive ketones (excluding diaryl/α,β-unsaturated/α-hetero) is 1. The Balaban J connectivity index is 2.13. The van der Waals surface area contributed by atoms with Crippen molar-refractivity contribution in [3.63, 3.8) is 0 Å². The third-order valence-electron chi connectivity index (χ3n) is 3.80. The van der Waals surface area contributed by atoms with E-state index in [0.29, 0.717) is 22.2 Å². The molecule has 22 heavy (non-hydrogen) atoms. The normalized spacial score (nSPS) is 20.9. The van der Waals surface area contributed by atoms with Crippen LogP contribution in [0.3, 0.4) is 0 Å². The topological polar surface area (TPSA) is 59.0 Å². The van der Waals surface area contributed by atoms with Crippen LogP contribution < -0.4 is 4.74 Å². The highest BCUT2D eigenvalue weighted by atomic mass is 32.2. The zero-order valence-corrected chi connectivity index (χ0v) is 13.4. The first-order chi connectivity index (χ1) is 10.5. The summed E-state index contributed by atoms with van der Waals surface area (Å²) in [6.45, 7) is 3.34. The molecule has 5 nitrogen and oxygen atoms in total. The number of rotatable bonds is 3. The van der Waals surface area contributed by atoms with E-state index >= 15 is 0 Å². The van der Waals surface area contributed by atoms with Crippen LogP contribution in [0.4, 0.5) is 0 Å². The van der Waals surface area contributed by atoms with Crippen LogP contribution in [0.5, 0.6) is 5.75 Å². The molecule has 1 fully saturated rings. The number of aliphatic imine (C=N–C) groups is 1. The molecule has 2 heterocycles. The summed E-state index contributed by atoms with van der Waals surface area (Å²) >= 11 is 1.41. The lowest BCUT2D eigenvalue weighted by Gasteiger charge is -2.33. The highest BCUT2D eigenvalue weighted by molar-refractivity contribution is 8.15. The third kappa shape index (κ3) is 2.33. The van der Waals surface area contributed by atoms with Crippen molar-refractivity contribution >= 4 is 28.6 Å². The standard InChI is InChI=1S/C16H16N2O3S/c1-9-14(10(2)19)15(11-4-6-12(21-3)7-5-11)18-13(20)8-22-16(18)17-9/h4-7,15H,8H2,1-3H3. The zero-order valence-electron chi connectivity index (χ0n) is 12.6. The minimum absolute atomic E-state index is 0.0178. The molecule has 114 valence electrons. The number of thioether (sulfide) groups is 1. The van der Waals surface area contributed by atoms with Crippen molar-refractivity contribution in [3.05, 3.63) is 41.1 Å². The molecule has 0 spiro atoms. The number of carbonyl (C=O) groups excluding carboxylic acids is 2. The number of hydrogen-bond acceptors (Lipinski definition) is 5. The third-order valence-corrected chi connectivity index (χ3v) is 4.73. The van der Waals surface area contributed by atoms with E-state index in [-0.39, 0.29) is 11.7 Å². The quantitative estimate of drug-likeness (QED) is 0.860. The van der Waals surface area contributed by atoms with Gasteiger partial charge in [-0.15, -0.1) is 0 Å². The van der Waals surface area contributed by atoms with Gasteiger partial charge in [0.25, 0.3) is 0 Å². The van der Waals surface area contributed by atoms with Crippen molar-refractivity contribution in [1.29, 1.82) is 0 Å². The van der Waals surface area contributed by atoms with Gasteiger partial charge >= 0.3 is 0 Å². The number of hydrogen-bond donors (Lipinski definition) is 0. The molecule has 0 saturated carbocycles. The lowest BCUT2D eigenvalue weighted by Crippen LogP contribution is -2.38. The summed E-state index contributed by atoms with van der Waals surface area (Å²) < 4.78 is 5.17. The number of ether oxygens (including phenoxy) is 1. The number of carbonyl (C=O) groups is 2. The van der Waals surface area contributed by atoms with Crippen LogP contribution in [0.1, 0.15) is 25.5 Å². The SMILES string of the molecule is COc1ccc(C2C(C(C)=O)=C(C)N=C3SCC(=O)N32)cc1. The van der Waals surface area contributed by atoms with E-state index in [1.807, 2.05) is 31.2 Å². The van der Waals surface area contributed by atoms with Gasteiger partial charge in [0.1, 0.15) is 5.75 Å². The van der Waals surface area contributed by atoms with Gasteiger partial charge in [-0.3, -0.25) is 14.5 Å². The lowest BCUT2D eigenvalue weighted by molar-refractivity contribution is -0.125. The molecule has 1 aromatic rings. The number of nitrogens with zero attached hydrogens (tertiary/aromatic N) is 2. The Morgan fingerprint density at radius 3 is 2.64 bits per heavy atom. The second kappa shape index (κ2) is 5.61. The van der Waals surface area contributed by atoms with Crippen LogP contribution in [0, 0.1) is 0 Å². The van der Waals surface area contributed by atoms with Gasteiger partial charge in [0, 0.05) is 11.3 Å². The van der Waals surface area contributed by atoms with E-state index in [0.717, 1.165) is 11.3 Å². The smallest absolute Gasteiger partial charge is 0.239 e. The van der Waals surface area contributed by atoms with E-state index < -0.39 is 6.04 Å². The van der Waals surface area contributed by atoms with E-state index in [2.05, 4.69) is 4.99 Å². The van der Waals surface area contributed by atoms with Crippen LogP contribution >= 0.6 is 11.8 Å². The molecule has 2 aliphatic rings. The highest BCUT2D eigenvalue weighted by Crippen LogP contribution is 2.41. The fraction of sp³-hybridized carbons (Fsp3) is 0.312. The number of benzene rings is 1. The Morgan fingerprint density at radius 2 is 2.05 bits per heavy atom. The highest BCUT2D eigenvalue weighted by Gasteiger charge is 2.41. The maximum atomic E-state index is 12.3. The van der Waals surface area contributed by atoms with Gasteiger partial charge < -0.3 is 4.74 Å². The van der Waals surface area contributed by atoms with Crippen molar-refractivity contribution in [1.82, 2.24) is 4.90 Å². The van der Waals surface area contributed by atoms with Crippen LogP contribution in [0.2, 0.25) is 0 Å². The van der Waals surface area contributed by atoms with Crippen molar-refractivity contribution in [2.75, 3.05) is 12.9 Å². The number of ketones is 1. The maximum absolute atomic E-state index is 12.3. The number of amides is 1. The van der Waals surface area contributed by atoms with Crippen LogP contribution in [0.15, 0.2) is 40.5 Å². The number of amidine groups is 1. The van der Waals surface area contributed by atoms with Crippen LogP contribution in [0.25, 0.3) is 0 Å². The Labute approximate surface area is 133 Å². The first-order valence-electron chi connectivity index (χ1n) is 6.92. The van der Waals surface area contributed by atoms with Gasteiger partial charge in [0.15, 0.2) is 11.0 Å². The molecule has 1 saturated heterocycles. The number of allylic oxidation sites excluding steroid dienone is 1. The summed E-state index contributed by atoms with van der Waals surface area (Å²) in [4.78, 5) is 30.4. The van der Waals surface area contributed by atoms with Gasteiger partial charge in [0.2, 0.25) is 5.91 Å². The molecule has 1 aromatic carbocycles. The molecule has 0 radical (unpaired) electrons. The van der Waals surface area contributed by atoms with Gasteiger partial charge in [-0.05, 0) is 31.5 Å². The molecule has 0 aliphatic carbocycles. The summed E-state index contributed by atoms with van der Waals surface area (Å²) in [6, 6.07) is 7.04. The second-order valence-electron chi connectivity index (χ2n) is 5.18. The average molecular weight is 316 g/mol. The van der Waals surface area contributed by atoms with Crippen molar-refractivity contribution in [2.24, 2.45) is 4.99 Å². The Kier molecular flexibility index (Phi) is 3.78. The van der Waals surface area contributed by atoms with Gasteiger partial charge in [-0.1, -0.05) is 23.9 Å². The fourth-order valence-corrected chi connectivity index (χ4v) is 3.73. The van der Waals surface area contributed by atoms with Gasteiger partial charge in [-0.2, -0.15) is 0 Å². The summed E-state index contributed by atoms with van der Waals surface area (Å²) in [5, 5.41) is 0.674. The fourth-order valence-electron chi connectivity index (χ4n) is 2.79. The molecule has 1 unspecified atom stereocenters. The summed E-state index contributed by atoms with van der Waals surface area (Å²) in [5.41, 5.74) is 2.14. The predicted molar refractivity (Wildman–Crippen MR) is 85.9 cm³/mol. The van der Waals surface area contributed by atoms with Crippen LogP contribution in [-0.2, 0) is 9.59 Å². The molecule has 3 rings (SSSR count). The maximum Gasteiger partial charge on any atom is 0.239 e. The van der Waals surface area contributed by atoms with E-state index in [1.54, 1.807) is 12.0 Å². The van der Waals surface area contributed by atoms with Gasteiger partial charge in [-0.25, -0.2) is 4.99 Å². The second-order valence-corrected chi connectivity index (χ2v) is 6.12. The summed E-state index contributed by atoms with van der Waals surface area (Å²) in [7, 11) is 1.60. The molecule has 6 heteroatoms. The minimum Gasteiger partial charge on any atom is -0.497 e. The molecule has 2 aliphatic heterocycles. The average Bonchev–Trinajstić information content (AvgIpc) is 2.86. The van der Waals surface area contributed by atoms with Gasteiger partial charge in [0.05, 0.1) is 18.9 Å². The first-order valence-corrected chi connectivity index (χ1v) is 7.90. The minimum atomic E-state index is -0.404. The Hall–Kier alpha value is -2.08. The number of fused-ring (bicyclic) bond motifs is 1. The molecule has 0 N–H and O–H groups in total. The zero-order chi connectivity index (χ0) is 15.9. The molecule has 1 atom stereocenters. The lowest BCUT2D eigenvalue weighted by atomic mass is 9.92. The number of methoxy groups -OCH3 is 1. The molecular weight excluding hydrogens is 300 g/mol. The molecule has 0 bridgehead atoms. The van der Waals surface area contributed by atoms with E-state index in [4.69, 9.17) is 4.74 Å². The molecular formula is C16H16N2O3S.